The van der Waals surface area contributed by atoms with Crippen LogP contribution < -0.4 is 5.32 Å². The number of hydrogen-bond donors (Lipinski definition) is 1. The van der Waals surface area contributed by atoms with Crippen LogP contribution in [0.1, 0.15) is 38.3 Å². The molecule has 1 aromatic carbocycles. The second kappa shape index (κ2) is 9.20. The van der Waals surface area contributed by atoms with Crippen LogP contribution in [-0.4, -0.2) is 49.9 Å². The molecule has 6 nitrogen and oxygen atoms in total. The first-order valence-electron chi connectivity index (χ1n) is 8.33. The van der Waals surface area contributed by atoms with E-state index >= 15 is 0 Å². The number of benzene rings is 1. The fraction of sp³-hybridized carbons (Fsp3) is 0.526. The van der Waals surface area contributed by atoms with Crippen LogP contribution in [0.15, 0.2) is 24.3 Å². The average molecular weight is 348 g/mol. The van der Waals surface area contributed by atoms with Crippen LogP contribution in [-0.2, 0) is 31.0 Å². The molecular formula is C19H28N2O4. The van der Waals surface area contributed by atoms with Gasteiger partial charge in [-0.1, -0.05) is 45.0 Å². The summed E-state index contributed by atoms with van der Waals surface area (Å²) in [5.41, 5.74) is 2.38. The molecule has 1 aromatic rings. The van der Waals surface area contributed by atoms with Crippen LogP contribution in [0.25, 0.3) is 0 Å². The third kappa shape index (κ3) is 7.37. The number of nitrogens with one attached hydrogen (secondary N) is 1. The second-order valence-corrected chi connectivity index (χ2v) is 7.03. The van der Waals surface area contributed by atoms with Gasteiger partial charge >= 0.3 is 5.97 Å². The maximum Gasteiger partial charge on any atom is 0.306 e. The summed E-state index contributed by atoms with van der Waals surface area (Å²) in [6.07, 6.45) is 0.771. The van der Waals surface area contributed by atoms with E-state index in [0.717, 1.165) is 5.56 Å². The van der Waals surface area contributed by atoms with Crippen molar-refractivity contribution in [3.8, 4) is 0 Å². The van der Waals surface area contributed by atoms with Crippen LogP contribution >= 0.6 is 0 Å². The number of rotatable bonds is 7. The van der Waals surface area contributed by atoms with Crippen molar-refractivity contribution in [3.63, 3.8) is 0 Å². The topological polar surface area (TPSA) is 75.7 Å². The monoisotopic (exact) mass is 348 g/mol. The lowest BCUT2D eigenvalue weighted by molar-refractivity contribution is -0.151. The lowest BCUT2D eigenvalue weighted by Crippen LogP contribution is -2.39. The van der Waals surface area contributed by atoms with Gasteiger partial charge in [-0.2, -0.15) is 0 Å². The van der Waals surface area contributed by atoms with Crippen molar-refractivity contribution in [1.82, 2.24) is 10.2 Å². The molecule has 2 amide bonds. The number of esters is 1. The maximum absolute atomic E-state index is 11.8. The number of aryl methyl sites for hydroxylation is 1. The number of carbonyl (C=O) groups is 3. The van der Waals surface area contributed by atoms with Crippen molar-refractivity contribution in [3.05, 3.63) is 35.4 Å². The highest BCUT2D eigenvalue weighted by atomic mass is 16.5. The van der Waals surface area contributed by atoms with Crippen molar-refractivity contribution < 1.29 is 19.1 Å². The highest BCUT2D eigenvalue weighted by molar-refractivity contribution is 5.86. The first-order chi connectivity index (χ1) is 11.6. The van der Waals surface area contributed by atoms with E-state index in [1.54, 1.807) is 0 Å². The Morgan fingerprint density at radius 1 is 1.12 bits per heavy atom. The van der Waals surface area contributed by atoms with Crippen LogP contribution in [0, 0.1) is 0 Å². The zero-order valence-electron chi connectivity index (χ0n) is 15.7. The standard InChI is InChI=1S/C19H28N2O4/c1-19(2,3)15-9-6-14(7-10-15)8-11-18(24)25-13-17(23)21(5)12-16(22)20-4/h6-7,9-10H,8,11-13H2,1-5H3,(H,20,22). The molecule has 6 heteroatoms. The number of carbonyl (C=O) groups excluding carboxylic acids is 3. The van der Waals surface area contributed by atoms with Gasteiger partial charge in [0.15, 0.2) is 6.61 Å². The second-order valence-electron chi connectivity index (χ2n) is 7.03. The minimum atomic E-state index is -0.429. The zero-order chi connectivity index (χ0) is 19.0. The summed E-state index contributed by atoms with van der Waals surface area (Å²) < 4.78 is 4.98. The fourth-order valence-corrected chi connectivity index (χ4v) is 2.13. The number of ether oxygens (including phenoxy) is 1. The Hall–Kier alpha value is -2.37. The minimum Gasteiger partial charge on any atom is -0.456 e. The van der Waals surface area contributed by atoms with Crippen LogP contribution in [0.3, 0.4) is 0 Å². The summed E-state index contributed by atoms with van der Waals surface area (Å²) in [5.74, 6) is -1.12. The predicted molar refractivity (Wildman–Crippen MR) is 96.1 cm³/mol. The van der Waals surface area contributed by atoms with E-state index in [1.165, 1.54) is 24.6 Å². The number of nitrogens with zero attached hydrogens (tertiary/aromatic N) is 1. The van der Waals surface area contributed by atoms with Crippen molar-refractivity contribution in [2.24, 2.45) is 0 Å². The number of hydrogen-bond acceptors (Lipinski definition) is 4. The Morgan fingerprint density at radius 3 is 2.24 bits per heavy atom. The Kier molecular flexibility index (Phi) is 7.61. The van der Waals surface area contributed by atoms with Crippen LogP contribution in [0.2, 0.25) is 0 Å². The minimum absolute atomic E-state index is 0.0625. The molecule has 0 unspecified atom stereocenters. The van der Waals surface area contributed by atoms with E-state index in [0.29, 0.717) is 6.42 Å². The molecule has 0 aliphatic carbocycles. The summed E-state index contributed by atoms with van der Waals surface area (Å²) in [5, 5.41) is 2.43. The lowest BCUT2D eigenvalue weighted by atomic mass is 9.86. The summed E-state index contributed by atoms with van der Waals surface area (Å²) >= 11 is 0. The van der Waals surface area contributed by atoms with E-state index < -0.39 is 11.9 Å². The molecule has 1 N–H and O–H groups in total. The molecule has 138 valence electrons. The van der Waals surface area contributed by atoms with Gasteiger partial charge in [-0.15, -0.1) is 0 Å². The van der Waals surface area contributed by atoms with E-state index in [2.05, 4.69) is 38.2 Å². The van der Waals surface area contributed by atoms with Crippen molar-refractivity contribution in [2.45, 2.75) is 39.0 Å². The number of likely N-dealkylation sites (N-methyl/N-ethyl adjacent to an activating group) is 2. The predicted octanol–water partition coefficient (Wildman–Crippen LogP) is 1.66. The van der Waals surface area contributed by atoms with E-state index in [9.17, 15) is 14.4 Å². The molecule has 0 saturated carbocycles. The van der Waals surface area contributed by atoms with Crippen LogP contribution in [0.4, 0.5) is 0 Å². The largest absolute Gasteiger partial charge is 0.456 e. The molecule has 0 aliphatic rings. The van der Waals surface area contributed by atoms with Crippen molar-refractivity contribution in [1.29, 1.82) is 0 Å². The third-order valence-corrected chi connectivity index (χ3v) is 3.88. The van der Waals surface area contributed by atoms with Gasteiger partial charge in [0.25, 0.3) is 5.91 Å². The highest BCUT2D eigenvalue weighted by Crippen LogP contribution is 2.22. The third-order valence-electron chi connectivity index (χ3n) is 3.88. The molecule has 0 fully saturated rings. The van der Waals surface area contributed by atoms with Crippen LogP contribution in [0.5, 0.6) is 0 Å². The normalized spacial score (nSPS) is 10.9. The molecule has 25 heavy (non-hydrogen) atoms. The Labute approximate surface area is 149 Å². The molecule has 0 bridgehead atoms. The Balaban J connectivity index is 2.37. The first-order valence-corrected chi connectivity index (χ1v) is 8.33. The fourth-order valence-electron chi connectivity index (χ4n) is 2.13. The maximum atomic E-state index is 11.8. The SMILES string of the molecule is CNC(=O)CN(C)C(=O)COC(=O)CCc1ccc(C(C)(C)C)cc1. The highest BCUT2D eigenvalue weighted by Gasteiger charge is 2.15. The van der Waals surface area contributed by atoms with Gasteiger partial charge in [0, 0.05) is 20.5 Å². The molecule has 0 aromatic heterocycles. The lowest BCUT2D eigenvalue weighted by Gasteiger charge is -2.19. The van der Waals surface area contributed by atoms with Gasteiger partial charge in [-0.25, -0.2) is 0 Å². The van der Waals surface area contributed by atoms with Gasteiger partial charge in [0.05, 0.1) is 6.54 Å². The summed E-state index contributed by atoms with van der Waals surface area (Å²) in [4.78, 5) is 36.0. The summed E-state index contributed by atoms with van der Waals surface area (Å²) in [7, 11) is 2.98. The van der Waals surface area contributed by atoms with Crippen molar-refractivity contribution >= 4 is 17.8 Å². The summed E-state index contributed by atoms with van der Waals surface area (Å²) in [6, 6.07) is 8.15. The van der Waals surface area contributed by atoms with Gasteiger partial charge in [0.2, 0.25) is 5.91 Å². The molecule has 1 rings (SSSR count). The van der Waals surface area contributed by atoms with Gasteiger partial charge in [0.1, 0.15) is 0 Å². The van der Waals surface area contributed by atoms with Gasteiger partial charge < -0.3 is 15.0 Å². The molecule has 0 atom stereocenters. The quantitative estimate of drug-likeness (QED) is 0.761. The molecular weight excluding hydrogens is 320 g/mol. The molecule has 0 radical (unpaired) electrons. The molecule has 0 heterocycles. The van der Waals surface area contributed by atoms with Gasteiger partial charge in [-0.3, -0.25) is 14.4 Å². The smallest absolute Gasteiger partial charge is 0.306 e. The van der Waals surface area contributed by atoms with E-state index in [1.807, 2.05) is 12.1 Å². The average Bonchev–Trinajstić information content (AvgIpc) is 2.57. The Bertz CT molecular complexity index is 603. The van der Waals surface area contributed by atoms with E-state index in [4.69, 9.17) is 4.74 Å². The Morgan fingerprint density at radius 2 is 1.72 bits per heavy atom. The number of amides is 2. The van der Waals surface area contributed by atoms with Crippen molar-refractivity contribution in [2.75, 3.05) is 27.2 Å². The van der Waals surface area contributed by atoms with E-state index in [-0.39, 0.29) is 30.9 Å². The zero-order valence-corrected chi connectivity index (χ0v) is 15.7. The molecule has 0 aliphatic heterocycles. The molecule has 0 spiro atoms. The first kappa shape index (κ1) is 20.7. The van der Waals surface area contributed by atoms with Gasteiger partial charge in [-0.05, 0) is 23.0 Å². The summed E-state index contributed by atoms with van der Waals surface area (Å²) in [6.45, 7) is 6.04. The molecule has 0 saturated heterocycles.